The molecule has 1 saturated heterocycles. The molecular formula is C24H30N2O3. The summed E-state index contributed by atoms with van der Waals surface area (Å²) in [6, 6.07) is 14.1. The quantitative estimate of drug-likeness (QED) is 0.843. The van der Waals surface area contributed by atoms with Crippen LogP contribution in [0.4, 0.5) is 0 Å². The van der Waals surface area contributed by atoms with E-state index in [1.807, 2.05) is 11.0 Å². The zero-order valence-corrected chi connectivity index (χ0v) is 17.1. The normalized spacial score (nSPS) is 19.6. The van der Waals surface area contributed by atoms with Crippen molar-refractivity contribution in [3.8, 4) is 11.5 Å². The highest BCUT2D eigenvalue weighted by Gasteiger charge is 2.27. The molecule has 1 aliphatic carbocycles. The van der Waals surface area contributed by atoms with Crippen molar-refractivity contribution >= 4 is 5.91 Å². The number of nitrogens with zero attached hydrogens (tertiary/aromatic N) is 2. The molecular weight excluding hydrogens is 364 g/mol. The highest BCUT2D eigenvalue weighted by molar-refractivity contribution is 5.77. The molecule has 154 valence electrons. The van der Waals surface area contributed by atoms with Crippen LogP contribution in [0.5, 0.6) is 11.5 Å². The number of rotatable bonds is 5. The Morgan fingerprint density at radius 2 is 2.00 bits per heavy atom. The number of aryl methyl sites for hydroxylation is 1. The molecule has 2 aliphatic rings. The lowest BCUT2D eigenvalue weighted by atomic mass is 9.97. The third-order valence-electron chi connectivity index (χ3n) is 6.27. The minimum atomic E-state index is 0.175. The molecule has 0 bridgehead atoms. The maximum absolute atomic E-state index is 13.0. The molecule has 1 heterocycles. The fraction of sp³-hybridized carbons (Fsp3) is 0.458. The van der Waals surface area contributed by atoms with Gasteiger partial charge in [0.15, 0.2) is 11.5 Å². The van der Waals surface area contributed by atoms with E-state index >= 15 is 0 Å². The smallest absolute Gasteiger partial charge is 0.223 e. The van der Waals surface area contributed by atoms with E-state index < -0.39 is 0 Å². The Bertz CT molecular complexity index is 867. The van der Waals surface area contributed by atoms with E-state index in [4.69, 9.17) is 4.74 Å². The molecule has 1 fully saturated rings. The van der Waals surface area contributed by atoms with E-state index in [1.54, 1.807) is 19.2 Å². The molecule has 1 amide bonds. The van der Waals surface area contributed by atoms with Crippen LogP contribution in [0.15, 0.2) is 42.5 Å². The van der Waals surface area contributed by atoms with Crippen LogP contribution in [0.2, 0.25) is 0 Å². The summed E-state index contributed by atoms with van der Waals surface area (Å²) in [4.78, 5) is 17.4. The number of phenolic OH excluding ortho intramolecular Hbond substituents is 1. The van der Waals surface area contributed by atoms with Gasteiger partial charge in [0.05, 0.1) is 7.11 Å². The Kier molecular flexibility index (Phi) is 6.05. The standard InChI is InChI=1S/C24H30N2O3/c1-29-23-10-7-18(15-22(23)27)17-25-11-4-12-26(14-13-25)24(28)16-20-9-8-19-5-2-3-6-21(19)20/h2-3,5-7,10,15,20,27H,4,8-9,11-14,16-17H2,1H3. The molecule has 1 unspecified atom stereocenters. The zero-order valence-electron chi connectivity index (χ0n) is 17.1. The van der Waals surface area contributed by atoms with Gasteiger partial charge < -0.3 is 14.7 Å². The summed E-state index contributed by atoms with van der Waals surface area (Å²) in [5.41, 5.74) is 3.84. The van der Waals surface area contributed by atoms with Crippen LogP contribution >= 0.6 is 0 Å². The molecule has 2 aromatic rings. The monoisotopic (exact) mass is 394 g/mol. The van der Waals surface area contributed by atoms with Gasteiger partial charge in [0.25, 0.3) is 0 Å². The summed E-state index contributed by atoms with van der Waals surface area (Å²) in [6.07, 6.45) is 3.79. The largest absolute Gasteiger partial charge is 0.504 e. The van der Waals surface area contributed by atoms with Crippen molar-refractivity contribution in [3.63, 3.8) is 0 Å². The number of benzene rings is 2. The van der Waals surface area contributed by atoms with E-state index in [-0.39, 0.29) is 11.7 Å². The number of hydrogen-bond acceptors (Lipinski definition) is 4. The van der Waals surface area contributed by atoms with Crippen LogP contribution < -0.4 is 4.74 Å². The molecule has 0 aromatic heterocycles. The first-order valence-electron chi connectivity index (χ1n) is 10.6. The summed E-state index contributed by atoms with van der Waals surface area (Å²) in [7, 11) is 1.55. The topological polar surface area (TPSA) is 53.0 Å². The second kappa shape index (κ2) is 8.87. The van der Waals surface area contributed by atoms with Crippen molar-refractivity contribution in [2.45, 2.75) is 38.1 Å². The van der Waals surface area contributed by atoms with Crippen molar-refractivity contribution in [2.75, 3.05) is 33.3 Å². The predicted molar refractivity (Wildman–Crippen MR) is 113 cm³/mol. The molecule has 5 heteroatoms. The SMILES string of the molecule is COc1ccc(CN2CCCN(C(=O)CC3CCc4ccccc43)CC2)cc1O. The van der Waals surface area contributed by atoms with Crippen LogP contribution in [-0.4, -0.2) is 54.1 Å². The lowest BCUT2D eigenvalue weighted by Gasteiger charge is -2.23. The first-order chi connectivity index (χ1) is 14.1. The highest BCUT2D eigenvalue weighted by Crippen LogP contribution is 2.35. The summed E-state index contributed by atoms with van der Waals surface area (Å²) in [6.45, 7) is 4.20. The first kappa shape index (κ1) is 19.8. The molecule has 0 spiro atoms. The number of hydrogen-bond donors (Lipinski definition) is 1. The van der Waals surface area contributed by atoms with Gasteiger partial charge in [-0.25, -0.2) is 0 Å². The van der Waals surface area contributed by atoms with E-state index in [1.165, 1.54) is 11.1 Å². The first-order valence-corrected chi connectivity index (χ1v) is 10.6. The predicted octanol–water partition coefficient (Wildman–Crippen LogP) is 3.56. The van der Waals surface area contributed by atoms with Gasteiger partial charge in [0.1, 0.15) is 0 Å². The number of carbonyl (C=O) groups is 1. The Morgan fingerprint density at radius 3 is 2.83 bits per heavy atom. The van der Waals surface area contributed by atoms with Crippen molar-refractivity contribution in [3.05, 3.63) is 59.2 Å². The van der Waals surface area contributed by atoms with E-state index in [0.29, 0.717) is 18.1 Å². The Morgan fingerprint density at radius 1 is 1.14 bits per heavy atom. The van der Waals surface area contributed by atoms with Gasteiger partial charge in [-0.3, -0.25) is 9.69 Å². The molecule has 2 aromatic carbocycles. The minimum absolute atomic E-state index is 0.175. The molecule has 1 atom stereocenters. The van der Waals surface area contributed by atoms with Crippen molar-refractivity contribution in [1.29, 1.82) is 0 Å². The number of phenols is 1. The van der Waals surface area contributed by atoms with Crippen LogP contribution in [0.25, 0.3) is 0 Å². The molecule has 0 radical (unpaired) electrons. The number of fused-ring (bicyclic) bond motifs is 1. The third kappa shape index (κ3) is 4.56. The lowest BCUT2D eigenvalue weighted by molar-refractivity contribution is -0.131. The summed E-state index contributed by atoms with van der Waals surface area (Å²) < 4.78 is 5.12. The van der Waals surface area contributed by atoms with Crippen molar-refractivity contribution in [1.82, 2.24) is 9.80 Å². The van der Waals surface area contributed by atoms with Gasteiger partial charge in [-0.1, -0.05) is 30.3 Å². The Hall–Kier alpha value is -2.53. The molecule has 1 N–H and O–H groups in total. The highest BCUT2D eigenvalue weighted by atomic mass is 16.5. The molecule has 0 saturated carbocycles. The lowest BCUT2D eigenvalue weighted by Crippen LogP contribution is -2.35. The van der Waals surface area contributed by atoms with Crippen LogP contribution in [0.3, 0.4) is 0 Å². The zero-order chi connectivity index (χ0) is 20.2. The van der Waals surface area contributed by atoms with Crippen molar-refractivity contribution in [2.24, 2.45) is 0 Å². The van der Waals surface area contributed by atoms with Gasteiger partial charge in [0, 0.05) is 39.1 Å². The molecule has 5 nitrogen and oxygen atoms in total. The van der Waals surface area contributed by atoms with Gasteiger partial charge >= 0.3 is 0 Å². The van der Waals surface area contributed by atoms with Gasteiger partial charge in [-0.15, -0.1) is 0 Å². The maximum Gasteiger partial charge on any atom is 0.223 e. The number of ether oxygens (including phenoxy) is 1. The number of amides is 1. The van der Waals surface area contributed by atoms with Gasteiger partial charge in [-0.2, -0.15) is 0 Å². The summed E-state index contributed by atoms with van der Waals surface area (Å²) in [5.74, 6) is 1.33. The fourth-order valence-electron chi connectivity index (χ4n) is 4.67. The van der Waals surface area contributed by atoms with Crippen molar-refractivity contribution < 1.29 is 14.6 Å². The van der Waals surface area contributed by atoms with Crippen LogP contribution in [0.1, 0.15) is 41.9 Å². The Balaban J connectivity index is 1.32. The van der Waals surface area contributed by atoms with E-state index in [9.17, 15) is 9.90 Å². The average molecular weight is 395 g/mol. The van der Waals surface area contributed by atoms with Crippen LogP contribution in [0, 0.1) is 0 Å². The maximum atomic E-state index is 13.0. The third-order valence-corrected chi connectivity index (χ3v) is 6.27. The molecule has 4 rings (SSSR count). The van der Waals surface area contributed by atoms with E-state index in [2.05, 4.69) is 29.2 Å². The number of aromatic hydroxyl groups is 1. The van der Waals surface area contributed by atoms with Gasteiger partial charge in [-0.05, 0) is 54.0 Å². The second-order valence-electron chi connectivity index (χ2n) is 8.16. The second-order valence-corrected chi connectivity index (χ2v) is 8.16. The van der Waals surface area contributed by atoms with E-state index in [0.717, 1.165) is 57.5 Å². The molecule has 1 aliphatic heterocycles. The fourth-order valence-corrected chi connectivity index (χ4v) is 4.67. The number of methoxy groups -OCH3 is 1. The Labute approximate surface area is 172 Å². The summed E-state index contributed by atoms with van der Waals surface area (Å²) in [5, 5.41) is 10.0. The minimum Gasteiger partial charge on any atom is -0.504 e. The summed E-state index contributed by atoms with van der Waals surface area (Å²) >= 11 is 0. The molecule has 29 heavy (non-hydrogen) atoms. The van der Waals surface area contributed by atoms with Gasteiger partial charge in [0.2, 0.25) is 5.91 Å². The van der Waals surface area contributed by atoms with Crippen LogP contribution in [-0.2, 0) is 17.8 Å². The average Bonchev–Trinajstić information content (AvgIpc) is 2.98. The number of carbonyl (C=O) groups excluding carboxylic acids is 1.